The zero-order valence-corrected chi connectivity index (χ0v) is 17.8. The number of likely N-dealkylation sites (tertiary alicyclic amines) is 1. The van der Waals surface area contributed by atoms with Crippen molar-refractivity contribution in [3.05, 3.63) is 40.9 Å². The van der Waals surface area contributed by atoms with E-state index in [1.165, 1.54) is 16.9 Å². The van der Waals surface area contributed by atoms with Crippen LogP contribution in [0.3, 0.4) is 0 Å². The molecule has 0 saturated carbocycles. The van der Waals surface area contributed by atoms with Crippen LogP contribution in [0.1, 0.15) is 24.1 Å². The highest BCUT2D eigenvalue weighted by Gasteiger charge is 2.28. The number of carbonyl (C=O) groups is 2. The van der Waals surface area contributed by atoms with Crippen LogP contribution in [0.25, 0.3) is 10.6 Å². The van der Waals surface area contributed by atoms with Gasteiger partial charge in [0, 0.05) is 43.7 Å². The number of aromatic nitrogens is 1. The maximum atomic E-state index is 12.6. The molecule has 1 unspecified atom stereocenters. The van der Waals surface area contributed by atoms with Crippen molar-refractivity contribution in [1.29, 1.82) is 0 Å². The second-order valence-electron chi connectivity index (χ2n) is 7.92. The molecule has 30 heavy (non-hydrogen) atoms. The van der Waals surface area contributed by atoms with E-state index in [-0.39, 0.29) is 12.3 Å². The Morgan fingerprint density at radius 3 is 2.67 bits per heavy atom. The molecule has 1 aromatic heterocycles. The third-order valence-corrected chi connectivity index (χ3v) is 6.66. The van der Waals surface area contributed by atoms with E-state index < -0.39 is 11.9 Å². The Kier molecular flexibility index (Phi) is 6.76. The first-order chi connectivity index (χ1) is 14.6. The van der Waals surface area contributed by atoms with Crippen molar-refractivity contribution < 1.29 is 19.4 Å². The number of thiazole rings is 1. The van der Waals surface area contributed by atoms with Gasteiger partial charge in [-0.25, -0.2) is 4.98 Å². The maximum absolute atomic E-state index is 12.6. The minimum Gasteiger partial charge on any atom is -0.481 e. The highest BCUT2D eigenvalue weighted by molar-refractivity contribution is 7.13. The number of carboxylic acids is 1. The van der Waals surface area contributed by atoms with Crippen molar-refractivity contribution in [2.45, 2.75) is 25.8 Å². The largest absolute Gasteiger partial charge is 0.481 e. The summed E-state index contributed by atoms with van der Waals surface area (Å²) < 4.78 is 5.40. The van der Waals surface area contributed by atoms with E-state index in [0.717, 1.165) is 55.5 Å². The molecule has 0 bridgehead atoms. The van der Waals surface area contributed by atoms with E-state index in [2.05, 4.69) is 34.1 Å². The minimum absolute atomic E-state index is 0.0429. The Labute approximate surface area is 180 Å². The Morgan fingerprint density at radius 2 is 1.93 bits per heavy atom. The van der Waals surface area contributed by atoms with Crippen molar-refractivity contribution in [2.75, 3.05) is 39.4 Å². The Balaban J connectivity index is 1.34. The fourth-order valence-corrected chi connectivity index (χ4v) is 4.79. The predicted octanol–water partition coefficient (Wildman–Crippen LogP) is 2.51. The molecule has 0 aliphatic carbocycles. The third-order valence-electron chi connectivity index (χ3n) is 5.72. The van der Waals surface area contributed by atoms with Crippen LogP contribution in [0.2, 0.25) is 0 Å². The summed E-state index contributed by atoms with van der Waals surface area (Å²) in [6.07, 6.45) is 1.60. The quantitative estimate of drug-likeness (QED) is 0.760. The summed E-state index contributed by atoms with van der Waals surface area (Å²) in [5.41, 5.74) is 3.06. The van der Waals surface area contributed by atoms with Gasteiger partial charge in [-0.2, -0.15) is 0 Å². The number of benzene rings is 1. The number of amides is 1. The third kappa shape index (κ3) is 5.24. The lowest BCUT2D eigenvalue weighted by Gasteiger charge is -2.30. The lowest BCUT2D eigenvalue weighted by atomic mass is 9.98. The number of nitrogens with zero attached hydrogens (tertiary/aromatic N) is 3. The first kappa shape index (κ1) is 21.0. The molecule has 2 saturated heterocycles. The fourth-order valence-electron chi connectivity index (χ4n) is 3.96. The summed E-state index contributed by atoms with van der Waals surface area (Å²) in [7, 11) is 0. The van der Waals surface area contributed by atoms with Gasteiger partial charge in [0.2, 0.25) is 5.91 Å². The van der Waals surface area contributed by atoms with E-state index in [1.54, 1.807) is 4.90 Å². The summed E-state index contributed by atoms with van der Waals surface area (Å²) >= 11 is 1.54. The van der Waals surface area contributed by atoms with Crippen molar-refractivity contribution in [2.24, 2.45) is 5.92 Å². The molecule has 2 aromatic rings. The van der Waals surface area contributed by atoms with E-state index in [1.807, 2.05) is 5.38 Å². The molecule has 7 nitrogen and oxygen atoms in total. The predicted molar refractivity (Wildman–Crippen MR) is 114 cm³/mol. The summed E-state index contributed by atoms with van der Waals surface area (Å²) in [4.78, 5) is 32.5. The van der Waals surface area contributed by atoms with Crippen LogP contribution in [-0.4, -0.2) is 71.2 Å². The molecule has 3 heterocycles. The molecule has 1 aromatic carbocycles. The number of ether oxygens (including phenoxy) is 1. The Morgan fingerprint density at radius 1 is 1.17 bits per heavy atom. The van der Waals surface area contributed by atoms with Crippen LogP contribution in [0, 0.1) is 5.92 Å². The molecule has 2 aliphatic rings. The first-order valence-corrected chi connectivity index (χ1v) is 11.3. The van der Waals surface area contributed by atoms with Gasteiger partial charge in [0.15, 0.2) is 0 Å². The lowest BCUT2D eigenvalue weighted by Crippen LogP contribution is -2.43. The van der Waals surface area contributed by atoms with Gasteiger partial charge in [-0.3, -0.25) is 14.5 Å². The van der Waals surface area contributed by atoms with Gasteiger partial charge in [0.25, 0.3) is 0 Å². The average molecular weight is 430 g/mol. The van der Waals surface area contributed by atoms with Crippen LogP contribution < -0.4 is 0 Å². The number of rotatable bonds is 6. The van der Waals surface area contributed by atoms with Gasteiger partial charge >= 0.3 is 5.97 Å². The molecule has 1 atom stereocenters. The number of morpholine rings is 1. The monoisotopic (exact) mass is 429 g/mol. The average Bonchev–Trinajstić information content (AvgIpc) is 3.23. The van der Waals surface area contributed by atoms with Gasteiger partial charge in [-0.15, -0.1) is 11.3 Å². The number of hydrogen-bond donors (Lipinski definition) is 1. The maximum Gasteiger partial charge on any atom is 0.308 e. The van der Waals surface area contributed by atoms with Gasteiger partial charge in [-0.1, -0.05) is 24.3 Å². The standard InChI is InChI=1S/C22H27N3O4S/c26-20(25-7-1-2-18(14-25)22(27)28)12-19-15-30-21(23-19)17-5-3-16(4-6-17)13-24-8-10-29-11-9-24/h3-6,15,18H,1-2,7-14H2,(H,27,28). The van der Waals surface area contributed by atoms with E-state index in [9.17, 15) is 14.7 Å². The highest BCUT2D eigenvalue weighted by atomic mass is 32.1. The molecule has 0 spiro atoms. The molecule has 2 aliphatic heterocycles. The van der Waals surface area contributed by atoms with Gasteiger partial charge in [0.1, 0.15) is 5.01 Å². The van der Waals surface area contributed by atoms with Crippen molar-refractivity contribution >= 4 is 23.2 Å². The SMILES string of the molecule is O=C(O)C1CCCN(C(=O)Cc2csc(-c3ccc(CN4CCOCC4)cc3)n2)C1. The topological polar surface area (TPSA) is 83.0 Å². The molecule has 2 fully saturated rings. The number of piperidine rings is 1. The number of hydrogen-bond acceptors (Lipinski definition) is 6. The normalized spacial score (nSPS) is 20.3. The van der Waals surface area contributed by atoms with E-state index in [4.69, 9.17) is 4.74 Å². The fraction of sp³-hybridized carbons (Fsp3) is 0.500. The van der Waals surface area contributed by atoms with Crippen LogP contribution in [-0.2, 0) is 27.3 Å². The molecule has 160 valence electrons. The number of carboxylic acid groups (broad SMARTS) is 1. The van der Waals surface area contributed by atoms with Crippen LogP contribution in [0.4, 0.5) is 0 Å². The zero-order valence-electron chi connectivity index (χ0n) is 17.0. The highest BCUT2D eigenvalue weighted by Crippen LogP contribution is 2.25. The smallest absolute Gasteiger partial charge is 0.308 e. The number of aliphatic carboxylic acids is 1. The summed E-state index contributed by atoms with van der Waals surface area (Å²) in [5.74, 6) is -1.32. The van der Waals surface area contributed by atoms with Gasteiger partial charge < -0.3 is 14.7 Å². The van der Waals surface area contributed by atoms with Gasteiger partial charge in [-0.05, 0) is 18.4 Å². The second-order valence-corrected chi connectivity index (χ2v) is 8.78. The molecule has 1 amide bonds. The van der Waals surface area contributed by atoms with Crippen LogP contribution in [0.15, 0.2) is 29.6 Å². The summed E-state index contributed by atoms with van der Waals surface area (Å²) in [6, 6.07) is 8.44. The lowest BCUT2D eigenvalue weighted by molar-refractivity contribution is -0.145. The molecule has 4 rings (SSSR count). The molecule has 0 radical (unpaired) electrons. The van der Waals surface area contributed by atoms with E-state index >= 15 is 0 Å². The summed E-state index contributed by atoms with van der Waals surface area (Å²) in [6.45, 7) is 5.39. The first-order valence-electron chi connectivity index (χ1n) is 10.4. The van der Waals surface area contributed by atoms with Crippen LogP contribution in [0.5, 0.6) is 0 Å². The van der Waals surface area contributed by atoms with Crippen molar-refractivity contribution in [3.63, 3.8) is 0 Å². The number of carbonyl (C=O) groups excluding carboxylic acids is 1. The Bertz CT molecular complexity index is 877. The molecular formula is C22H27N3O4S. The van der Waals surface area contributed by atoms with Gasteiger partial charge in [0.05, 0.1) is 31.2 Å². The van der Waals surface area contributed by atoms with Crippen LogP contribution >= 0.6 is 11.3 Å². The Hall–Kier alpha value is -2.29. The molecule has 1 N–H and O–H groups in total. The minimum atomic E-state index is -0.819. The molecular weight excluding hydrogens is 402 g/mol. The molecule has 8 heteroatoms. The van der Waals surface area contributed by atoms with Crippen molar-refractivity contribution in [3.8, 4) is 10.6 Å². The van der Waals surface area contributed by atoms with E-state index in [0.29, 0.717) is 19.5 Å². The second kappa shape index (κ2) is 9.68. The zero-order chi connectivity index (χ0) is 20.9. The summed E-state index contributed by atoms with van der Waals surface area (Å²) in [5, 5.41) is 12.0. The van der Waals surface area contributed by atoms with Crippen molar-refractivity contribution in [1.82, 2.24) is 14.8 Å².